The van der Waals surface area contributed by atoms with E-state index in [9.17, 15) is 23.9 Å². The number of fused-ring (bicyclic) bond motifs is 3. The smallest absolute Gasteiger partial charge is 0.353 e. The number of aromatic amines is 1. The number of amides is 1. The highest BCUT2D eigenvalue weighted by Crippen LogP contribution is 2.40. The number of carbonyl (C=O) groups is 2. The Hall–Kier alpha value is -4.27. The number of aliphatic imine (C=N–C) groups is 1. The number of carbonyl (C=O) groups excluding carboxylic acids is 1. The van der Waals surface area contributed by atoms with E-state index < -0.39 is 17.3 Å². The third-order valence-corrected chi connectivity index (χ3v) is 5.68. The summed E-state index contributed by atoms with van der Waals surface area (Å²) < 4.78 is 21.9. The number of carboxylic acids is 1. The fourth-order valence-corrected chi connectivity index (χ4v) is 4.17. The molecule has 4 aromatic rings. The third-order valence-electron chi connectivity index (χ3n) is 5.68. The van der Waals surface area contributed by atoms with Gasteiger partial charge in [0.05, 0.1) is 34.5 Å². The molecule has 0 bridgehead atoms. The Balaban J connectivity index is 1.93. The van der Waals surface area contributed by atoms with E-state index in [4.69, 9.17) is 4.42 Å². The van der Waals surface area contributed by atoms with Crippen LogP contribution in [0.15, 0.2) is 62.1 Å². The molecule has 1 aliphatic rings. The van der Waals surface area contributed by atoms with E-state index in [0.717, 1.165) is 5.57 Å². The van der Waals surface area contributed by atoms with E-state index in [1.54, 1.807) is 13.0 Å². The predicted molar refractivity (Wildman–Crippen MR) is 116 cm³/mol. The SMILES string of the molecule is CC1=C(Cn2c(C(=O)O)c(-c3ccc[nH]c3=O)c3c4occc4c(F)cc32)CC(=O)N=C1. The highest BCUT2D eigenvalue weighted by Gasteiger charge is 2.29. The van der Waals surface area contributed by atoms with Crippen molar-refractivity contribution in [2.24, 2.45) is 4.99 Å². The molecule has 5 rings (SSSR count). The molecule has 1 aliphatic heterocycles. The second-order valence-corrected chi connectivity index (χ2v) is 7.56. The molecule has 0 fully saturated rings. The number of dihydropyridines is 1. The second-order valence-electron chi connectivity index (χ2n) is 7.56. The summed E-state index contributed by atoms with van der Waals surface area (Å²) in [6.07, 6.45) is 4.21. The van der Waals surface area contributed by atoms with Gasteiger partial charge in [0.25, 0.3) is 5.56 Å². The Morgan fingerprint density at radius 2 is 2.16 bits per heavy atom. The van der Waals surface area contributed by atoms with E-state index in [1.807, 2.05) is 0 Å². The van der Waals surface area contributed by atoms with Crippen molar-refractivity contribution in [3.8, 4) is 11.1 Å². The van der Waals surface area contributed by atoms with Gasteiger partial charge in [0.1, 0.15) is 17.1 Å². The van der Waals surface area contributed by atoms with Crippen molar-refractivity contribution in [3.05, 3.63) is 69.7 Å². The lowest BCUT2D eigenvalue weighted by molar-refractivity contribution is -0.117. The van der Waals surface area contributed by atoms with Crippen molar-refractivity contribution in [2.45, 2.75) is 19.9 Å². The minimum absolute atomic E-state index is 0.0120. The zero-order valence-electron chi connectivity index (χ0n) is 16.8. The first-order valence-corrected chi connectivity index (χ1v) is 9.75. The van der Waals surface area contributed by atoms with Gasteiger partial charge in [0, 0.05) is 24.5 Å². The van der Waals surface area contributed by atoms with E-state index >= 15 is 0 Å². The number of carboxylic acid groups (broad SMARTS) is 1. The molecule has 0 unspecified atom stereocenters. The van der Waals surface area contributed by atoms with Crippen LogP contribution in [0.1, 0.15) is 23.8 Å². The van der Waals surface area contributed by atoms with E-state index in [0.29, 0.717) is 11.0 Å². The number of hydrogen-bond donors (Lipinski definition) is 2. The molecule has 160 valence electrons. The monoisotopic (exact) mass is 433 g/mol. The summed E-state index contributed by atoms with van der Waals surface area (Å²) in [5, 5.41) is 10.7. The number of aromatic nitrogens is 2. The van der Waals surface area contributed by atoms with Gasteiger partial charge < -0.3 is 19.1 Å². The van der Waals surface area contributed by atoms with Crippen LogP contribution in [0.25, 0.3) is 33.0 Å². The fourth-order valence-electron chi connectivity index (χ4n) is 4.17. The number of hydrogen-bond acceptors (Lipinski definition) is 4. The molecule has 1 aromatic carbocycles. The molecule has 4 heterocycles. The molecule has 0 aliphatic carbocycles. The Morgan fingerprint density at radius 3 is 2.91 bits per heavy atom. The maximum absolute atomic E-state index is 14.9. The zero-order valence-corrected chi connectivity index (χ0v) is 16.8. The minimum atomic E-state index is -1.30. The zero-order chi connectivity index (χ0) is 22.6. The number of H-pyrrole nitrogens is 1. The molecule has 0 saturated carbocycles. The Morgan fingerprint density at radius 1 is 1.34 bits per heavy atom. The fraction of sp³-hybridized carbons (Fsp3) is 0.130. The Bertz CT molecular complexity index is 1570. The lowest BCUT2D eigenvalue weighted by atomic mass is 10.0. The molecular formula is C23H16FN3O5. The van der Waals surface area contributed by atoms with Gasteiger partial charge in [0.15, 0.2) is 0 Å². The lowest BCUT2D eigenvalue weighted by Crippen LogP contribution is -2.16. The van der Waals surface area contributed by atoms with Crippen LogP contribution in [0.5, 0.6) is 0 Å². The Kier molecular flexibility index (Phi) is 4.40. The van der Waals surface area contributed by atoms with Crippen LogP contribution >= 0.6 is 0 Å². The van der Waals surface area contributed by atoms with E-state index in [-0.39, 0.29) is 52.2 Å². The maximum atomic E-state index is 14.9. The number of allylic oxidation sites excluding steroid dienone is 1. The van der Waals surface area contributed by atoms with Crippen molar-refractivity contribution in [2.75, 3.05) is 0 Å². The second kappa shape index (κ2) is 7.16. The number of furan rings is 1. The number of benzene rings is 1. The normalized spacial score (nSPS) is 14.1. The summed E-state index contributed by atoms with van der Waals surface area (Å²) in [6, 6.07) is 5.76. The van der Waals surface area contributed by atoms with Gasteiger partial charge in [-0.1, -0.05) is 0 Å². The minimum Gasteiger partial charge on any atom is -0.477 e. The largest absolute Gasteiger partial charge is 0.477 e. The summed E-state index contributed by atoms with van der Waals surface area (Å²) in [5.41, 5.74) is 1.32. The van der Waals surface area contributed by atoms with Gasteiger partial charge in [-0.3, -0.25) is 9.59 Å². The first-order valence-electron chi connectivity index (χ1n) is 9.75. The number of aromatic carboxylic acids is 1. The molecule has 9 heteroatoms. The van der Waals surface area contributed by atoms with Gasteiger partial charge in [-0.05, 0) is 42.3 Å². The molecule has 0 spiro atoms. The predicted octanol–water partition coefficient (Wildman–Crippen LogP) is 3.90. The highest BCUT2D eigenvalue weighted by molar-refractivity contribution is 6.17. The van der Waals surface area contributed by atoms with Crippen LogP contribution in [0, 0.1) is 5.82 Å². The average Bonchev–Trinajstić information content (AvgIpc) is 3.35. The molecule has 32 heavy (non-hydrogen) atoms. The number of halogens is 1. The van der Waals surface area contributed by atoms with Crippen LogP contribution < -0.4 is 5.56 Å². The van der Waals surface area contributed by atoms with Crippen molar-refractivity contribution >= 4 is 40.0 Å². The van der Waals surface area contributed by atoms with Crippen molar-refractivity contribution in [1.82, 2.24) is 9.55 Å². The Labute approximate surface area is 179 Å². The molecule has 3 aromatic heterocycles. The highest BCUT2D eigenvalue weighted by atomic mass is 19.1. The van der Waals surface area contributed by atoms with E-state index in [1.165, 1.54) is 41.4 Å². The third kappa shape index (κ3) is 2.89. The maximum Gasteiger partial charge on any atom is 0.353 e. The molecule has 0 atom stereocenters. The van der Waals surface area contributed by atoms with Crippen LogP contribution in [-0.4, -0.2) is 32.7 Å². The standard InChI is InChI=1S/C23H16FN3O5/c1-11-9-26-17(28)7-12(11)10-27-16-8-15(24)13-4-6-32-21(13)19(16)18(20(27)23(30)31)14-3-2-5-25-22(14)29/h2-6,8-9H,7,10H2,1H3,(H,25,29)(H,30,31). The summed E-state index contributed by atoms with van der Waals surface area (Å²) in [5.74, 6) is -2.23. The van der Waals surface area contributed by atoms with Gasteiger partial charge >= 0.3 is 5.97 Å². The summed E-state index contributed by atoms with van der Waals surface area (Å²) in [4.78, 5) is 43.3. The number of pyridine rings is 1. The van der Waals surface area contributed by atoms with Crippen molar-refractivity contribution < 1.29 is 23.5 Å². The topological polar surface area (TPSA) is 118 Å². The molecule has 1 amide bonds. The van der Waals surface area contributed by atoms with Gasteiger partial charge in [0.2, 0.25) is 5.91 Å². The van der Waals surface area contributed by atoms with Gasteiger partial charge in [-0.25, -0.2) is 14.2 Å². The van der Waals surface area contributed by atoms with Gasteiger partial charge in [-0.15, -0.1) is 0 Å². The lowest BCUT2D eigenvalue weighted by Gasteiger charge is -2.15. The van der Waals surface area contributed by atoms with Crippen LogP contribution in [0.3, 0.4) is 0 Å². The molecule has 2 N–H and O–H groups in total. The first kappa shape index (κ1) is 19.7. The van der Waals surface area contributed by atoms with Crippen LogP contribution in [0.2, 0.25) is 0 Å². The van der Waals surface area contributed by atoms with Gasteiger partial charge in [-0.2, -0.15) is 0 Å². The number of nitrogens with zero attached hydrogens (tertiary/aromatic N) is 2. The molecule has 8 nitrogen and oxygen atoms in total. The van der Waals surface area contributed by atoms with Crippen molar-refractivity contribution in [3.63, 3.8) is 0 Å². The number of rotatable bonds is 4. The van der Waals surface area contributed by atoms with Crippen LogP contribution in [-0.2, 0) is 11.3 Å². The van der Waals surface area contributed by atoms with Crippen LogP contribution in [0.4, 0.5) is 4.39 Å². The van der Waals surface area contributed by atoms with E-state index in [2.05, 4.69) is 9.98 Å². The average molecular weight is 433 g/mol. The quantitative estimate of drug-likeness (QED) is 0.506. The summed E-state index contributed by atoms with van der Waals surface area (Å²) in [7, 11) is 0. The summed E-state index contributed by atoms with van der Waals surface area (Å²) in [6.45, 7) is 1.78. The molecule has 0 radical (unpaired) electrons. The number of nitrogens with one attached hydrogen (secondary N) is 1. The molecule has 0 saturated heterocycles. The molecular weight excluding hydrogens is 417 g/mol. The first-order chi connectivity index (χ1) is 15.4. The summed E-state index contributed by atoms with van der Waals surface area (Å²) >= 11 is 0. The van der Waals surface area contributed by atoms with Crippen molar-refractivity contribution in [1.29, 1.82) is 0 Å².